The van der Waals surface area contributed by atoms with Gasteiger partial charge in [-0.1, -0.05) is 0 Å². The van der Waals surface area contributed by atoms with Crippen LogP contribution in [0.1, 0.15) is 0 Å². The molecule has 0 bridgehead atoms. The summed E-state index contributed by atoms with van der Waals surface area (Å²) in [5.41, 5.74) is 0.0508. The minimum atomic E-state index is -3.73. The van der Waals surface area contributed by atoms with E-state index in [0.29, 0.717) is 3.79 Å². The quantitative estimate of drug-likeness (QED) is 0.834. The monoisotopic (exact) mass is 351 g/mol. The molecule has 0 saturated heterocycles. The molecule has 0 saturated carbocycles. The Bertz CT molecular complexity index is 684. The molecule has 1 aromatic carbocycles. The smallest absolute Gasteiger partial charge is 0.271 e. The highest BCUT2D eigenvalue weighted by Crippen LogP contribution is 2.28. The van der Waals surface area contributed by atoms with Crippen molar-refractivity contribution < 1.29 is 17.9 Å². The van der Waals surface area contributed by atoms with Gasteiger partial charge < -0.3 is 5.11 Å². The second-order valence-corrected chi connectivity index (χ2v) is 7.70. The molecule has 0 aliphatic rings. The van der Waals surface area contributed by atoms with Crippen LogP contribution in [0.4, 0.5) is 10.1 Å². The number of aromatic hydroxyl groups is 1. The van der Waals surface area contributed by atoms with E-state index in [2.05, 4.69) is 20.7 Å². The van der Waals surface area contributed by atoms with Gasteiger partial charge in [-0.3, -0.25) is 4.72 Å². The lowest BCUT2D eigenvalue weighted by Gasteiger charge is -2.06. The van der Waals surface area contributed by atoms with Gasteiger partial charge in [0.25, 0.3) is 10.0 Å². The van der Waals surface area contributed by atoms with Crippen molar-refractivity contribution in [2.24, 2.45) is 0 Å². The lowest BCUT2D eigenvalue weighted by Crippen LogP contribution is -2.11. The number of benzene rings is 1. The number of halogens is 2. The van der Waals surface area contributed by atoms with Gasteiger partial charge in [-0.25, -0.2) is 12.8 Å². The maximum Gasteiger partial charge on any atom is 0.271 e. The molecule has 0 atom stereocenters. The lowest BCUT2D eigenvalue weighted by molar-refractivity contribution is 0.432. The first-order valence-corrected chi connectivity index (χ1v) is 7.74. The molecule has 0 spiro atoms. The maximum absolute atomic E-state index is 13.1. The van der Waals surface area contributed by atoms with Crippen molar-refractivity contribution in [3.05, 3.63) is 39.9 Å². The summed E-state index contributed by atoms with van der Waals surface area (Å²) in [7, 11) is -3.73. The van der Waals surface area contributed by atoms with Crippen molar-refractivity contribution in [2.75, 3.05) is 4.72 Å². The van der Waals surface area contributed by atoms with Crippen molar-refractivity contribution in [3.63, 3.8) is 0 Å². The molecule has 2 rings (SSSR count). The molecule has 4 nitrogen and oxygen atoms in total. The highest BCUT2D eigenvalue weighted by Gasteiger charge is 2.17. The Morgan fingerprint density at radius 1 is 1.28 bits per heavy atom. The Morgan fingerprint density at radius 3 is 2.56 bits per heavy atom. The summed E-state index contributed by atoms with van der Waals surface area (Å²) in [5.74, 6) is -1.42. The van der Waals surface area contributed by atoms with Crippen LogP contribution < -0.4 is 4.72 Å². The van der Waals surface area contributed by atoms with E-state index in [-0.39, 0.29) is 9.90 Å². The molecule has 8 heteroatoms. The van der Waals surface area contributed by atoms with Crippen LogP contribution in [0, 0.1) is 5.82 Å². The van der Waals surface area contributed by atoms with E-state index in [0.717, 1.165) is 23.5 Å². The van der Waals surface area contributed by atoms with Crippen LogP contribution in [0.3, 0.4) is 0 Å². The number of hydrogen-bond acceptors (Lipinski definition) is 4. The van der Waals surface area contributed by atoms with Crippen LogP contribution in [-0.4, -0.2) is 13.5 Å². The molecule has 0 aliphatic heterocycles. The molecule has 2 aromatic rings. The summed E-state index contributed by atoms with van der Waals surface area (Å²) >= 11 is 4.21. The van der Waals surface area contributed by atoms with Crippen molar-refractivity contribution >= 4 is 43.0 Å². The predicted octanol–water partition coefficient (Wildman–Crippen LogP) is 3.16. The molecule has 2 N–H and O–H groups in total. The second kappa shape index (κ2) is 4.87. The van der Waals surface area contributed by atoms with Gasteiger partial charge in [0, 0.05) is 6.07 Å². The van der Waals surface area contributed by atoms with E-state index in [1.165, 1.54) is 12.1 Å². The van der Waals surface area contributed by atoms with Gasteiger partial charge in [0.2, 0.25) is 0 Å². The summed E-state index contributed by atoms with van der Waals surface area (Å²) in [6.07, 6.45) is 0. The Labute approximate surface area is 115 Å². The number of nitrogens with one attached hydrogen (secondary N) is 1. The second-order valence-electron chi connectivity index (χ2n) is 3.33. The number of rotatable bonds is 3. The van der Waals surface area contributed by atoms with Gasteiger partial charge in [0.05, 0.1) is 9.47 Å². The summed E-state index contributed by atoms with van der Waals surface area (Å²) in [6.45, 7) is 0. The molecule has 0 unspecified atom stereocenters. The highest BCUT2D eigenvalue weighted by molar-refractivity contribution is 9.11. The molecule has 1 heterocycles. The van der Waals surface area contributed by atoms with E-state index < -0.39 is 21.6 Å². The van der Waals surface area contributed by atoms with Crippen LogP contribution in [0.25, 0.3) is 0 Å². The Hall–Kier alpha value is -1.12. The molecular formula is C10H7BrFNO3S2. The molecule has 0 aliphatic carbocycles. The number of anilines is 1. The average Bonchev–Trinajstić information content (AvgIpc) is 2.71. The maximum atomic E-state index is 13.1. The zero-order valence-corrected chi connectivity index (χ0v) is 11.9. The number of sulfonamides is 1. The lowest BCUT2D eigenvalue weighted by atomic mass is 10.3. The minimum absolute atomic E-state index is 0.0508. The molecular weight excluding hydrogens is 345 g/mol. The van der Waals surface area contributed by atoms with Gasteiger partial charge in [0.15, 0.2) is 11.6 Å². The van der Waals surface area contributed by atoms with E-state index in [4.69, 9.17) is 5.11 Å². The molecule has 0 fully saturated rings. The highest BCUT2D eigenvalue weighted by atomic mass is 79.9. The molecule has 0 radical (unpaired) electrons. The van der Waals surface area contributed by atoms with Crippen molar-refractivity contribution in [3.8, 4) is 5.75 Å². The van der Waals surface area contributed by atoms with Crippen molar-refractivity contribution in [1.29, 1.82) is 0 Å². The third-order valence-electron chi connectivity index (χ3n) is 2.01. The zero-order chi connectivity index (χ0) is 13.3. The van der Waals surface area contributed by atoms with Gasteiger partial charge in [-0.05, 0) is 40.2 Å². The normalized spacial score (nSPS) is 11.4. The third-order valence-corrected chi connectivity index (χ3v) is 5.51. The Morgan fingerprint density at radius 2 is 2.00 bits per heavy atom. The largest absolute Gasteiger partial charge is 0.505 e. The van der Waals surface area contributed by atoms with Crippen LogP contribution in [0.5, 0.6) is 5.75 Å². The van der Waals surface area contributed by atoms with Crippen LogP contribution in [-0.2, 0) is 10.0 Å². The van der Waals surface area contributed by atoms with Gasteiger partial charge in [-0.2, -0.15) is 0 Å². The third kappa shape index (κ3) is 2.82. The first-order valence-electron chi connectivity index (χ1n) is 4.65. The first-order chi connectivity index (χ1) is 8.38. The SMILES string of the molecule is O=S(=O)(Nc1ccc(O)c(F)c1)c1ccc(Br)s1. The average molecular weight is 352 g/mol. The van der Waals surface area contributed by atoms with Gasteiger partial charge in [0.1, 0.15) is 4.21 Å². The van der Waals surface area contributed by atoms with Crippen LogP contribution in [0.2, 0.25) is 0 Å². The van der Waals surface area contributed by atoms with E-state index in [1.807, 2.05) is 0 Å². The molecule has 18 heavy (non-hydrogen) atoms. The Kier molecular flexibility index (Phi) is 3.60. The summed E-state index contributed by atoms with van der Waals surface area (Å²) < 4.78 is 39.9. The van der Waals surface area contributed by atoms with E-state index in [1.54, 1.807) is 6.07 Å². The number of hydrogen-bond donors (Lipinski definition) is 2. The molecule has 1 aromatic heterocycles. The predicted molar refractivity (Wildman–Crippen MR) is 70.9 cm³/mol. The van der Waals surface area contributed by atoms with Gasteiger partial charge in [-0.15, -0.1) is 11.3 Å². The topological polar surface area (TPSA) is 66.4 Å². The van der Waals surface area contributed by atoms with Crippen LogP contribution in [0.15, 0.2) is 38.3 Å². The fourth-order valence-electron chi connectivity index (χ4n) is 1.22. The van der Waals surface area contributed by atoms with Crippen molar-refractivity contribution in [2.45, 2.75) is 4.21 Å². The number of phenols is 1. The summed E-state index contributed by atoms with van der Waals surface area (Å²) in [4.78, 5) is 0. The van der Waals surface area contributed by atoms with Crippen molar-refractivity contribution in [1.82, 2.24) is 0 Å². The zero-order valence-electron chi connectivity index (χ0n) is 8.72. The van der Waals surface area contributed by atoms with E-state index in [9.17, 15) is 12.8 Å². The number of thiophene rings is 1. The standard InChI is InChI=1S/C10H7BrFNO3S2/c11-9-3-4-10(17-9)18(15,16)13-6-1-2-8(14)7(12)5-6/h1-5,13-14H. The number of phenolic OH excluding ortho intramolecular Hbond substituents is 1. The fourth-order valence-corrected chi connectivity index (χ4v) is 4.28. The minimum Gasteiger partial charge on any atom is -0.505 e. The van der Waals surface area contributed by atoms with Gasteiger partial charge >= 0.3 is 0 Å². The molecule has 96 valence electrons. The Balaban J connectivity index is 2.30. The summed E-state index contributed by atoms with van der Waals surface area (Å²) in [6, 6.07) is 6.32. The summed E-state index contributed by atoms with van der Waals surface area (Å²) in [5, 5.41) is 9.01. The first kappa shape index (κ1) is 13.3. The molecule has 0 amide bonds. The fraction of sp³-hybridized carbons (Fsp3) is 0. The van der Waals surface area contributed by atoms with Crippen LogP contribution >= 0.6 is 27.3 Å². The van der Waals surface area contributed by atoms with E-state index >= 15 is 0 Å².